The highest BCUT2D eigenvalue weighted by Gasteiger charge is 2.38. The smallest absolute Gasteiger partial charge is 0.123 e. The van der Waals surface area contributed by atoms with Crippen LogP contribution in [-0.4, -0.2) is 12.7 Å². The molecule has 3 heteroatoms. The van der Waals surface area contributed by atoms with Crippen molar-refractivity contribution < 1.29 is 9.13 Å². The number of hydrogen-bond acceptors (Lipinski definition) is 2. The van der Waals surface area contributed by atoms with E-state index in [2.05, 4.69) is 0 Å². The summed E-state index contributed by atoms with van der Waals surface area (Å²) in [5.41, 5.74) is 9.21. The molecule has 100 valence electrons. The summed E-state index contributed by atoms with van der Waals surface area (Å²) in [5.74, 6) is -0.189. The lowest BCUT2D eigenvalue weighted by Gasteiger charge is -2.42. The Bertz CT molecular complexity index is 412. The molecule has 1 aromatic rings. The second-order valence-corrected chi connectivity index (χ2v) is 5.50. The van der Waals surface area contributed by atoms with Crippen LogP contribution in [0.3, 0.4) is 0 Å². The first-order valence-corrected chi connectivity index (χ1v) is 6.55. The minimum Gasteiger partial charge on any atom is -0.378 e. The summed E-state index contributed by atoms with van der Waals surface area (Å²) >= 11 is 0. The van der Waals surface area contributed by atoms with Crippen LogP contribution < -0.4 is 5.73 Å². The first-order valence-electron chi connectivity index (χ1n) is 6.55. The highest BCUT2D eigenvalue weighted by molar-refractivity contribution is 5.37. The van der Waals surface area contributed by atoms with E-state index in [1.807, 2.05) is 13.8 Å². The van der Waals surface area contributed by atoms with E-state index in [0.717, 1.165) is 36.0 Å². The average Bonchev–Trinajstić information content (AvgIpc) is 2.21. The molecule has 0 heterocycles. The number of halogens is 1. The second-order valence-electron chi connectivity index (χ2n) is 5.50. The first-order chi connectivity index (χ1) is 8.47. The Hall–Kier alpha value is -0.930. The van der Waals surface area contributed by atoms with Crippen molar-refractivity contribution in [2.45, 2.75) is 51.2 Å². The molecule has 1 atom stereocenters. The molecule has 1 fully saturated rings. The molecule has 0 bridgehead atoms. The Labute approximate surface area is 108 Å². The van der Waals surface area contributed by atoms with E-state index in [0.29, 0.717) is 0 Å². The maximum absolute atomic E-state index is 13.3. The van der Waals surface area contributed by atoms with Crippen LogP contribution in [0.1, 0.15) is 48.4 Å². The molecule has 1 saturated carbocycles. The van der Waals surface area contributed by atoms with Crippen LogP contribution in [0.5, 0.6) is 0 Å². The fraction of sp³-hybridized carbons (Fsp3) is 0.600. The lowest BCUT2D eigenvalue weighted by molar-refractivity contribution is -0.0817. The van der Waals surface area contributed by atoms with Gasteiger partial charge in [0.1, 0.15) is 5.82 Å². The molecule has 2 rings (SSSR count). The number of nitrogens with two attached hydrogens (primary N) is 1. The second kappa shape index (κ2) is 4.98. The molecule has 1 unspecified atom stereocenters. The maximum atomic E-state index is 13.3. The van der Waals surface area contributed by atoms with Crippen LogP contribution in [0, 0.1) is 19.7 Å². The summed E-state index contributed by atoms with van der Waals surface area (Å²) in [6.45, 7) is 3.84. The quantitative estimate of drug-likeness (QED) is 0.890. The van der Waals surface area contributed by atoms with E-state index >= 15 is 0 Å². The van der Waals surface area contributed by atoms with Gasteiger partial charge in [0.05, 0.1) is 5.60 Å². The highest BCUT2D eigenvalue weighted by atomic mass is 19.1. The van der Waals surface area contributed by atoms with E-state index in [1.54, 1.807) is 19.2 Å². The zero-order chi connectivity index (χ0) is 13.3. The van der Waals surface area contributed by atoms with Crippen molar-refractivity contribution in [2.75, 3.05) is 7.11 Å². The van der Waals surface area contributed by atoms with E-state index in [1.165, 1.54) is 6.42 Å². The predicted molar refractivity (Wildman–Crippen MR) is 71.0 cm³/mol. The van der Waals surface area contributed by atoms with Gasteiger partial charge < -0.3 is 10.5 Å². The number of ether oxygens (including phenoxy) is 1. The lowest BCUT2D eigenvalue weighted by Crippen LogP contribution is -2.42. The minimum atomic E-state index is -0.189. The van der Waals surface area contributed by atoms with Crippen LogP contribution in [0.2, 0.25) is 0 Å². The van der Waals surface area contributed by atoms with Gasteiger partial charge in [-0.1, -0.05) is 0 Å². The van der Waals surface area contributed by atoms with Gasteiger partial charge in [-0.25, -0.2) is 4.39 Å². The Morgan fingerprint density at radius 1 is 1.33 bits per heavy atom. The third-order valence-electron chi connectivity index (χ3n) is 4.22. The zero-order valence-electron chi connectivity index (χ0n) is 11.4. The van der Waals surface area contributed by atoms with Crippen LogP contribution in [0.4, 0.5) is 4.39 Å². The molecular weight excluding hydrogens is 229 g/mol. The van der Waals surface area contributed by atoms with Gasteiger partial charge in [0.2, 0.25) is 0 Å². The summed E-state index contributed by atoms with van der Waals surface area (Å²) in [5, 5.41) is 0. The molecule has 2 nitrogen and oxygen atoms in total. The van der Waals surface area contributed by atoms with Gasteiger partial charge in [-0.2, -0.15) is 0 Å². The van der Waals surface area contributed by atoms with E-state index in [4.69, 9.17) is 10.5 Å². The number of methoxy groups -OCH3 is 1. The van der Waals surface area contributed by atoms with Gasteiger partial charge in [0, 0.05) is 13.2 Å². The van der Waals surface area contributed by atoms with Gasteiger partial charge in [0.15, 0.2) is 0 Å². The number of benzene rings is 1. The fourth-order valence-electron chi connectivity index (χ4n) is 3.07. The molecule has 18 heavy (non-hydrogen) atoms. The Morgan fingerprint density at radius 2 is 1.89 bits per heavy atom. The third kappa shape index (κ3) is 2.43. The number of aryl methyl sites for hydroxylation is 2. The molecule has 0 radical (unpaired) electrons. The zero-order valence-corrected chi connectivity index (χ0v) is 11.4. The van der Waals surface area contributed by atoms with Crippen LogP contribution in [0.25, 0.3) is 0 Å². The summed E-state index contributed by atoms with van der Waals surface area (Å²) in [4.78, 5) is 0. The van der Waals surface area contributed by atoms with Crippen molar-refractivity contribution in [3.8, 4) is 0 Å². The van der Waals surface area contributed by atoms with E-state index < -0.39 is 0 Å². The number of hydrogen-bond donors (Lipinski definition) is 1. The largest absolute Gasteiger partial charge is 0.378 e. The highest BCUT2D eigenvalue weighted by Crippen LogP contribution is 2.42. The van der Waals surface area contributed by atoms with Crippen molar-refractivity contribution in [2.24, 2.45) is 5.73 Å². The van der Waals surface area contributed by atoms with Crippen LogP contribution >= 0.6 is 0 Å². The Kier molecular flexibility index (Phi) is 3.74. The minimum absolute atomic E-state index is 0.0489. The van der Waals surface area contributed by atoms with Crippen molar-refractivity contribution in [3.05, 3.63) is 34.6 Å². The van der Waals surface area contributed by atoms with Crippen molar-refractivity contribution in [1.29, 1.82) is 0 Å². The van der Waals surface area contributed by atoms with Crippen molar-refractivity contribution >= 4 is 0 Å². The molecule has 0 spiro atoms. The standard InChI is InChI=1S/C15H22FNO/c1-10-7-12(16)8-11(2)14(10)13(17)9-15(18-3)5-4-6-15/h7-8,13H,4-6,9,17H2,1-3H3. The third-order valence-corrected chi connectivity index (χ3v) is 4.22. The predicted octanol–water partition coefficient (Wildman–Crippen LogP) is 3.40. The van der Waals surface area contributed by atoms with Crippen LogP contribution in [0.15, 0.2) is 12.1 Å². The topological polar surface area (TPSA) is 35.2 Å². The van der Waals surface area contributed by atoms with E-state index in [-0.39, 0.29) is 17.5 Å². The van der Waals surface area contributed by atoms with Gasteiger partial charge in [-0.3, -0.25) is 0 Å². The molecular formula is C15H22FNO. The Morgan fingerprint density at radius 3 is 2.28 bits per heavy atom. The molecule has 0 amide bonds. The van der Waals surface area contributed by atoms with Gasteiger partial charge in [-0.15, -0.1) is 0 Å². The summed E-state index contributed by atoms with van der Waals surface area (Å²) in [6.07, 6.45) is 4.19. The number of rotatable bonds is 4. The van der Waals surface area contributed by atoms with Crippen molar-refractivity contribution in [3.63, 3.8) is 0 Å². The molecule has 1 aliphatic carbocycles. The van der Waals surface area contributed by atoms with Crippen molar-refractivity contribution in [1.82, 2.24) is 0 Å². The molecule has 1 aromatic carbocycles. The normalized spacial score (nSPS) is 19.4. The van der Waals surface area contributed by atoms with Gasteiger partial charge in [-0.05, 0) is 68.4 Å². The Balaban J connectivity index is 2.21. The monoisotopic (exact) mass is 251 g/mol. The molecule has 0 saturated heterocycles. The van der Waals surface area contributed by atoms with Gasteiger partial charge in [0.25, 0.3) is 0 Å². The van der Waals surface area contributed by atoms with Gasteiger partial charge >= 0.3 is 0 Å². The molecule has 2 N–H and O–H groups in total. The fourth-order valence-corrected chi connectivity index (χ4v) is 3.07. The molecule has 0 aromatic heterocycles. The van der Waals surface area contributed by atoms with E-state index in [9.17, 15) is 4.39 Å². The summed E-state index contributed by atoms with van der Waals surface area (Å²) in [6, 6.07) is 3.04. The maximum Gasteiger partial charge on any atom is 0.123 e. The first kappa shape index (κ1) is 13.5. The molecule has 0 aliphatic heterocycles. The SMILES string of the molecule is COC1(CC(N)c2c(C)cc(F)cc2C)CCC1. The van der Waals surface area contributed by atoms with Crippen LogP contribution in [-0.2, 0) is 4.74 Å². The average molecular weight is 251 g/mol. The molecule has 1 aliphatic rings. The summed E-state index contributed by atoms with van der Waals surface area (Å²) < 4.78 is 18.9. The lowest BCUT2D eigenvalue weighted by atomic mass is 9.74. The summed E-state index contributed by atoms with van der Waals surface area (Å²) in [7, 11) is 1.76.